The van der Waals surface area contributed by atoms with Crippen LogP contribution in [0.15, 0.2) is 54.7 Å². The molecule has 2 aromatic carbocycles. The number of aromatic carboxylic acids is 1. The number of ether oxygens (including phenoxy) is 1. The van der Waals surface area contributed by atoms with Gasteiger partial charge in [0.05, 0.1) is 17.9 Å². The summed E-state index contributed by atoms with van der Waals surface area (Å²) in [4.78, 5) is 23.6. The number of aromatic nitrogens is 1. The number of amides is 1. The number of rotatable bonds is 8. The van der Waals surface area contributed by atoms with E-state index < -0.39 is 5.97 Å². The van der Waals surface area contributed by atoms with Crippen molar-refractivity contribution in [2.75, 3.05) is 11.9 Å². The fraction of sp³-hybridized carbons (Fsp3) is 0.238. The van der Waals surface area contributed by atoms with Gasteiger partial charge in [0.15, 0.2) is 0 Å². The molecule has 0 bridgehead atoms. The van der Waals surface area contributed by atoms with Crippen LogP contribution in [-0.4, -0.2) is 28.2 Å². The number of carbonyl (C=O) groups is 2. The number of nitrogens with one attached hydrogen (secondary N) is 1. The molecular weight excluding hydrogens is 344 g/mol. The zero-order chi connectivity index (χ0) is 19.2. The number of para-hydroxylation sites is 1. The van der Waals surface area contributed by atoms with Gasteiger partial charge in [0.25, 0.3) is 0 Å². The molecule has 0 radical (unpaired) electrons. The van der Waals surface area contributed by atoms with E-state index in [1.54, 1.807) is 6.07 Å². The molecule has 3 aromatic rings. The van der Waals surface area contributed by atoms with E-state index in [0.29, 0.717) is 24.6 Å². The van der Waals surface area contributed by atoms with E-state index in [-0.39, 0.29) is 17.9 Å². The molecule has 140 valence electrons. The highest BCUT2D eigenvalue weighted by atomic mass is 16.5. The first-order valence-electron chi connectivity index (χ1n) is 8.92. The molecule has 6 heteroatoms. The average molecular weight is 366 g/mol. The van der Waals surface area contributed by atoms with Gasteiger partial charge in [-0.15, -0.1) is 0 Å². The van der Waals surface area contributed by atoms with Gasteiger partial charge in [-0.1, -0.05) is 25.1 Å². The molecular formula is C21H22N2O4. The summed E-state index contributed by atoms with van der Waals surface area (Å²) in [6, 6.07) is 14.5. The average Bonchev–Trinajstić information content (AvgIpc) is 3.08. The smallest absolute Gasteiger partial charge is 0.335 e. The fourth-order valence-electron chi connectivity index (χ4n) is 2.87. The Morgan fingerprint density at radius 1 is 1.15 bits per heavy atom. The highest BCUT2D eigenvalue weighted by Crippen LogP contribution is 2.26. The lowest BCUT2D eigenvalue weighted by molar-refractivity contribution is -0.116. The van der Waals surface area contributed by atoms with Gasteiger partial charge in [-0.2, -0.15) is 0 Å². The Hall–Kier alpha value is -3.28. The summed E-state index contributed by atoms with van der Waals surface area (Å²) in [7, 11) is 0. The number of nitrogens with zero attached hydrogens (tertiary/aromatic N) is 1. The van der Waals surface area contributed by atoms with Gasteiger partial charge in [-0.3, -0.25) is 4.79 Å². The van der Waals surface area contributed by atoms with Crippen molar-refractivity contribution in [2.45, 2.75) is 26.3 Å². The quantitative estimate of drug-likeness (QED) is 0.627. The van der Waals surface area contributed by atoms with E-state index >= 15 is 0 Å². The number of hydrogen-bond donors (Lipinski definition) is 2. The summed E-state index contributed by atoms with van der Waals surface area (Å²) in [6.45, 7) is 3.00. The molecule has 6 nitrogen and oxygen atoms in total. The van der Waals surface area contributed by atoms with Crippen molar-refractivity contribution in [1.82, 2.24) is 4.57 Å². The molecule has 2 N–H and O–H groups in total. The van der Waals surface area contributed by atoms with Crippen molar-refractivity contribution in [3.8, 4) is 5.75 Å². The van der Waals surface area contributed by atoms with Crippen LogP contribution >= 0.6 is 0 Å². The van der Waals surface area contributed by atoms with Crippen LogP contribution in [0, 0.1) is 0 Å². The molecule has 1 amide bonds. The number of hydrogen-bond acceptors (Lipinski definition) is 3. The summed E-state index contributed by atoms with van der Waals surface area (Å²) in [5, 5.41) is 13.1. The highest BCUT2D eigenvalue weighted by molar-refractivity contribution is 5.95. The number of carboxylic acid groups (broad SMARTS) is 1. The SMILES string of the molecule is CCCOc1ccc(C(=O)O)cc1NC(=O)CCn1ccc2ccccc21. The Bertz CT molecular complexity index is 962. The van der Waals surface area contributed by atoms with Crippen LogP contribution < -0.4 is 10.1 Å². The number of carboxylic acids is 1. The van der Waals surface area contributed by atoms with E-state index in [1.807, 2.05) is 48.0 Å². The van der Waals surface area contributed by atoms with E-state index in [2.05, 4.69) is 5.32 Å². The Kier molecular flexibility index (Phi) is 5.76. The molecule has 0 unspecified atom stereocenters. The third-order valence-electron chi connectivity index (χ3n) is 4.22. The van der Waals surface area contributed by atoms with Gasteiger partial charge in [-0.25, -0.2) is 4.79 Å². The second-order valence-corrected chi connectivity index (χ2v) is 6.23. The molecule has 0 aliphatic carbocycles. The van der Waals surface area contributed by atoms with Gasteiger partial charge < -0.3 is 19.7 Å². The maximum absolute atomic E-state index is 12.4. The third-order valence-corrected chi connectivity index (χ3v) is 4.22. The van der Waals surface area contributed by atoms with Crippen molar-refractivity contribution in [1.29, 1.82) is 0 Å². The van der Waals surface area contributed by atoms with E-state index in [9.17, 15) is 14.7 Å². The van der Waals surface area contributed by atoms with Crippen molar-refractivity contribution < 1.29 is 19.4 Å². The van der Waals surface area contributed by atoms with Gasteiger partial charge in [-0.05, 0) is 42.1 Å². The maximum atomic E-state index is 12.4. The van der Waals surface area contributed by atoms with Crippen LogP contribution in [0.1, 0.15) is 30.1 Å². The summed E-state index contributed by atoms with van der Waals surface area (Å²) in [5.74, 6) is -0.773. The number of aryl methyl sites for hydroxylation is 1. The molecule has 0 aliphatic rings. The molecule has 0 saturated heterocycles. The number of carbonyl (C=O) groups excluding carboxylic acids is 1. The summed E-state index contributed by atoms with van der Waals surface area (Å²) in [6.07, 6.45) is 3.04. The Morgan fingerprint density at radius 3 is 2.74 bits per heavy atom. The Balaban J connectivity index is 1.70. The lowest BCUT2D eigenvalue weighted by Crippen LogP contribution is -2.15. The van der Waals surface area contributed by atoms with Crippen LogP contribution in [0.2, 0.25) is 0 Å². The number of fused-ring (bicyclic) bond motifs is 1. The molecule has 3 rings (SSSR count). The predicted octanol–water partition coefficient (Wildman–Crippen LogP) is 4.16. The molecule has 0 fully saturated rings. The Labute approximate surface area is 157 Å². The van der Waals surface area contributed by atoms with E-state index in [1.165, 1.54) is 12.1 Å². The summed E-state index contributed by atoms with van der Waals surface area (Å²) >= 11 is 0. The molecule has 1 aromatic heterocycles. The largest absolute Gasteiger partial charge is 0.491 e. The zero-order valence-electron chi connectivity index (χ0n) is 15.1. The fourth-order valence-corrected chi connectivity index (χ4v) is 2.87. The number of benzene rings is 2. The standard InChI is InChI=1S/C21H22N2O4/c1-2-13-27-19-8-7-16(21(25)26)14-17(19)22-20(24)10-12-23-11-9-15-5-3-4-6-18(15)23/h3-9,11,14H,2,10,12-13H2,1H3,(H,22,24)(H,25,26). The molecule has 27 heavy (non-hydrogen) atoms. The van der Waals surface area contributed by atoms with Crippen molar-refractivity contribution in [2.24, 2.45) is 0 Å². The van der Waals surface area contributed by atoms with Crippen molar-refractivity contribution in [3.05, 3.63) is 60.3 Å². The van der Waals surface area contributed by atoms with E-state index in [0.717, 1.165) is 17.3 Å². The zero-order valence-corrected chi connectivity index (χ0v) is 15.1. The summed E-state index contributed by atoms with van der Waals surface area (Å²) < 4.78 is 7.64. The Morgan fingerprint density at radius 2 is 1.96 bits per heavy atom. The van der Waals surface area contributed by atoms with Gasteiger partial charge in [0.1, 0.15) is 5.75 Å². The molecule has 1 heterocycles. The maximum Gasteiger partial charge on any atom is 0.335 e. The van der Waals surface area contributed by atoms with E-state index in [4.69, 9.17) is 4.74 Å². The first-order chi connectivity index (χ1) is 13.1. The normalized spacial score (nSPS) is 10.7. The monoisotopic (exact) mass is 366 g/mol. The minimum Gasteiger partial charge on any atom is -0.491 e. The van der Waals surface area contributed by atoms with Crippen LogP contribution in [0.5, 0.6) is 5.75 Å². The van der Waals surface area contributed by atoms with Crippen LogP contribution in [0.25, 0.3) is 10.9 Å². The summed E-state index contributed by atoms with van der Waals surface area (Å²) in [5.41, 5.74) is 1.56. The topological polar surface area (TPSA) is 80.6 Å². The molecule has 0 atom stereocenters. The minimum atomic E-state index is -1.05. The van der Waals surface area contributed by atoms with Crippen molar-refractivity contribution >= 4 is 28.5 Å². The highest BCUT2D eigenvalue weighted by Gasteiger charge is 2.13. The second-order valence-electron chi connectivity index (χ2n) is 6.23. The van der Waals surface area contributed by atoms with Gasteiger partial charge >= 0.3 is 5.97 Å². The lowest BCUT2D eigenvalue weighted by Gasteiger charge is -2.13. The van der Waals surface area contributed by atoms with Crippen LogP contribution in [0.3, 0.4) is 0 Å². The minimum absolute atomic E-state index is 0.102. The predicted molar refractivity (Wildman–Crippen MR) is 104 cm³/mol. The van der Waals surface area contributed by atoms with Crippen LogP contribution in [-0.2, 0) is 11.3 Å². The van der Waals surface area contributed by atoms with Crippen LogP contribution in [0.4, 0.5) is 5.69 Å². The first kappa shape index (κ1) is 18.5. The second kappa shape index (κ2) is 8.40. The molecule has 0 saturated carbocycles. The molecule has 0 spiro atoms. The number of anilines is 1. The van der Waals surface area contributed by atoms with Gasteiger partial charge in [0.2, 0.25) is 5.91 Å². The van der Waals surface area contributed by atoms with Crippen molar-refractivity contribution in [3.63, 3.8) is 0 Å². The van der Waals surface area contributed by atoms with Gasteiger partial charge in [0, 0.05) is 24.7 Å². The first-order valence-corrected chi connectivity index (χ1v) is 8.92. The lowest BCUT2D eigenvalue weighted by atomic mass is 10.2. The molecule has 0 aliphatic heterocycles. The third kappa shape index (κ3) is 4.47.